The molecule has 0 atom stereocenters. The Kier molecular flexibility index (Phi) is 6.57. The van der Waals surface area contributed by atoms with Crippen LogP contribution in [0.25, 0.3) is 0 Å². The van der Waals surface area contributed by atoms with Gasteiger partial charge in [-0.05, 0) is 25.1 Å². The molecule has 0 radical (unpaired) electrons. The summed E-state index contributed by atoms with van der Waals surface area (Å²) in [5.74, 6) is 1.91. The molecule has 1 aromatic rings. The van der Waals surface area contributed by atoms with E-state index in [0.29, 0.717) is 0 Å². The fourth-order valence-corrected chi connectivity index (χ4v) is 4.59. The highest BCUT2D eigenvalue weighted by Gasteiger charge is 2.33. The number of hydrogen-bond donors (Lipinski definition) is 3. The number of piperidine rings is 1. The number of likely N-dealkylation sites (tertiary alicyclic amines) is 1. The van der Waals surface area contributed by atoms with Gasteiger partial charge in [0.15, 0.2) is 0 Å². The first-order valence-corrected chi connectivity index (χ1v) is 9.96. The van der Waals surface area contributed by atoms with E-state index in [2.05, 4.69) is 13.0 Å². The first-order valence-electron chi connectivity index (χ1n) is 9.96. The molecule has 3 rings (SSSR count). The van der Waals surface area contributed by atoms with Crippen LogP contribution in [0.3, 0.4) is 0 Å². The van der Waals surface area contributed by atoms with Crippen LogP contribution in [0, 0.1) is 0 Å². The Morgan fingerprint density at radius 3 is 2.24 bits per heavy atom. The largest absolute Gasteiger partial charge is 0.497 e. The second kappa shape index (κ2) is 8.88. The van der Waals surface area contributed by atoms with Gasteiger partial charge in [0.1, 0.15) is 44.2 Å². The minimum absolute atomic E-state index is 0.884. The lowest BCUT2D eigenvalue weighted by molar-refractivity contribution is -1.03. The van der Waals surface area contributed by atoms with Crippen LogP contribution >= 0.6 is 0 Å². The van der Waals surface area contributed by atoms with Gasteiger partial charge in [-0.2, -0.15) is 0 Å². The van der Waals surface area contributed by atoms with E-state index >= 15 is 0 Å². The van der Waals surface area contributed by atoms with E-state index in [1.54, 1.807) is 24.0 Å². The molecule has 1 aromatic carbocycles. The number of methoxy groups -OCH3 is 2. The molecule has 25 heavy (non-hydrogen) atoms. The number of hydrogen-bond acceptors (Lipinski definition) is 2. The van der Waals surface area contributed by atoms with E-state index in [4.69, 9.17) is 9.47 Å². The number of likely N-dealkylation sites (N-methyl/N-ethyl adjacent to an activating group) is 1. The zero-order valence-corrected chi connectivity index (χ0v) is 16.2. The van der Waals surface area contributed by atoms with Gasteiger partial charge in [-0.3, -0.25) is 0 Å². The third-order valence-electron chi connectivity index (χ3n) is 6.30. The average molecular weight is 351 g/mol. The Labute approximate surface area is 152 Å². The molecule has 0 spiro atoms. The van der Waals surface area contributed by atoms with Crippen molar-refractivity contribution in [2.24, 2.45) is 0 Å². The minimum atomic E-state index is 0.884. The van der Waals surface area contributed by atoms with Crippen LogP contribution in [0.2, 0.25) is 0 Å². The summed E-state index contributed by atoms with van der Waals surface area (Å²) in [6, 6.07) is 7.02. The summed E-state index contributed by atoms with van der Waals surface area (Å²) in [5.41, 5.74) is 1.27. The van der Waals surface area contributed by atoms with Crippen LogP contribution in [0.5, 0.6) is 11.5 Å². The van der Waals surface area contributed by atoms with Crippen LogP contribution in [0.15, 0.2) is 18.2 Å². The number of benzene rings is 1. The number of piperazine rings is 1. The fourth-order valence-electron chi connectivity index (χ4n) is 4.59. The number of quaternary nitrogens is 3. The Bertz CT molecular complexity index is 536. The lowest BCUT2D eigenvalue weighted by Crippen LogP contribution is -3.30. The summed E-state index contributed by atoms with van der Waals surface area (Å²) < 4.78 is 10.9. The number of nitrogens with one attached hydrogen (secondary N) is 3. The van der Waals surface area contributed by atoms with E-state index in [-0.39, 0.29) is 0 Å². The molecule has 0 unspecified atom stereocenters. The Morgan fingerprint density at radius 2 is 1.64 bits per heavy atom. The van der Waals surface area contributed by atoms with Gasteiger partial charge in [0.05, 0.1) is 45.5 Å². The maximum atomic E-state index is 5.55. The molecule has 2 fully saturated rings. The van der Waals surface area contributed by atoms with Crippen LogP contribution in [-0.4, -0.2) is 66.1 Å². The minimum Gasteiger partial charge on any atom is -0.497 e. The van der Waals surface area contributed by atoms with Crippen molar-refractivity contribution in [2.75, 3.05) is 60.0 Å². The lowest BCUT2D eigenvalue weighted by Gasteiger charge is -2.37. The molecule has 140 valence electrons. The second-order valence-corrected chi connectivity index (χ2v) is 7.64. The van der Waals surface area contributed by atoms with Gasteiger partial charge in [-0.1, -0.05) is 0 Å². The van der Waals surface area contributed by atoms with E-state index in [1.165, 1.54) is 64.2 Å². The summed E-state index contributed by atoms with van der Waals surface area (Å²) >= 11 is 0. The molecule has 0 amide bonds. The van der Waals surface area contributed by atoms with Crippen molar-refractivity contribution in [3.8, 4) is 11.5 Å². The summed E-state index contributed by atoms with van der Waals surface area (Å²) in [5, 5.41) is 0. The van der Waals surface area contributed by atoms with Crippen molar-refractivity contribution in [1.29, 1.82) is 0 Å². The lowest BCUT2D eigenvalue weighted by atomic mass is 10.0. The standard InChI is InChI=1S/C20H33N3O2/c1-4-21-11-13-23(14-12-21)18-7-9-22(10-8-18)16-17-15-19(24-2)5-6-20(17)25-3/h5-6,15,18H,4,7-14,16H2,1-3H3/p+3. The smallest absolute Gasteiger partial charge is 0.127 e. The van der Waals surface area contributed by atoms with Gasteiger partial charge >= 0.3 is 0 Å². The van der Waals surface area contributed by atoms with Crippen LogP contribution in [0.1, 0.15) is 25.3 Å². The molecule has 2 aliphatic rings. The third kappa shape index (κ3) is 4.66. The van der Waals surface area contributed by atoms with Gasteiger partial charge in [-0.25, -0.2) is 0 Å². The number of rotatable bonds is 6. The quantitative estimate of drug-likeness (QED) is 0.558. The van der Waals surface area contributed by atoms with E-state index in [0.717, 1.165) is 24.1 Å². The molecule has 2 saturated heterocycles. The maximum absolute atomic E-state index is 5.55. The van der Waals surface area contributed by atoms with Crippen LogP contribution in [0.4, 0.5) is 0 Å². The molecule has 5 nitrogen and oxygen atoms in total. The Hall–Kier alpha value is -1.30. The highest BCUT2D eigenvalue weighted by molar-refractivity contribution is 5.39. The molecule has 2 aliphatic heterocycles. The van der Waals surface area contributed by atoms with Crippen molar-refractivity contribution in [3.63, 3.8) is 0 Å². The van der Waals surface area contributed by atoms with Crippen LogP contribution in [-0.2, 0) is 6.54 Å². The van der Waals surface area contributed by atoms with E-state index in [9.17, 15) is 0 Å². The maximum Gasteiger partial charge on any atom is 0.127 e. The van der Waals surface area contributed by atoms with Gasteiger partial charge in [0, 0.05) is 12.8 Å². The molecule has 0 bridgehead atoms. The van der Waals surface area contributed by atoms with Gasteiger partial charge in [-0.15, -0.1) is 0 Å². The number of ether oxygens (including phenoxy) is 2. The second-order valence-electron chi connectivity index (χ2n) is 7.64. The molecular weight excluding hydrogens is 314 g/mol. The SMILES string of the molecule is CC[NH+]1CC[NH+](C2CC[NH+](Cc3cc(OC)ccc3OC)CC2)CC1. The molecule has 0 aliphatic carbocycles. The highest BCUT2D eigenvalue weighted by Crippen LogP contribution is 2.23. The first-order chi connectivity index (χ1) is 12.2. The zero-order valence-electron chi connectivity index (χ0n) is 16.2. The van der Waals surface area contributed by atoms with Crippen molar-refractivity contribution >= 4 is 0 Å². The summed E-state index contributed by atoms with van der Waals surface area (Å²) in [7, 11) is 3.49. The average Bonchev–Trinajstić information content (AvgIpc) is 2.68. The Balaban J connectivity index is 1.51. The summed E-state index contributed by atoms with van der Waals surface area (Å²) in [6.07, 6.45) is 2.72. The van der Waals surface area contributed by atoms with Gasteiger partial charge in [0.25, 0.3) is 0 Å². The van der Waals surface area contributed by atoms with Crippen LogP contribution < -0.4 is 24.2 Å². The predicted octanol–water partition coefficient (Wildman–Crippen LogP) is -1.95. The topological polar surface area (TPSA) is 31.8 Å². The zero-order chi connectivity index (χ0) is 17.6. The normalized spacial score (nSPS) is 30.0. The van der Waals surface area contributed by atoms with E-state index in [1.807, 2.05) is 17.0 Å². The van der Waals surface area contributed by atoms with Crippen molar-refractivity contribution in [1.82, 2.24) is 0 Å². The molecule has 5 heteroatoms. The van der Waals surface area contributed by atoms with Crippen molar-refractivity contribution < 1.29 is 24.2 Å². The van der Waals surface area contributed by atoms with Gasteiger partial charge < -0.3 is 24.2 Å². The van der Waals surface area contributed by atoms with Crippen molar-refractivity contribution in [2.45, 2.75) is 32.4 Å². The fraction of sp³-hybridized carbons (Fsp3) is 0.700. The monoisotopic (exact) mass is 350 g/mol. The first kappa shape index (κ1) is 18.5. The summed E-state index contributed by atoms with van der Waals surface area (Å²) in [4.78, 5) is 5.34. The third-order valence-corrected chi connectivity index (χ3v) is 6.30. The van der Waals surface area contributed by atoms with E-state index < -0.39 is 0 Å². The van der Waals surface area contributed by atoms with Crippen molar-refractivity contribution in [3.05, 3.63) is 23.8 Å². The Morgan fingerprint density at radius 1 is 0.920 bits per heavy atom. The molecule has 2 heterocycles. The summed E-state index contributed by atoms with van der Waals surface area (Å²) in [6.45, 7) is 12.7. The molecule has 0 saturated carbocycles. The molecular formula is C20H36N3O2+3. The van der Waals surface area contributed by atoms with Gasteiger partial charge in [0.2, 0.25) is 0 Å². The predicted molar refractivity (Wildman–Crippen MR) is 98.9 cm³/mol. The molecule has 0 aromatic heterocycles. The highest BCUT2D eigenvalue weighted by atomic mass is 16.5. The molecule has 3 N–H and O–H groups in total.